The van der Waals surface area contributed by atoms with E-state index in [2.05, 4.69) is 41.2 Å². The zero-order chi connectivity index (χ0) is 14.8. The number of anilines is 1. The molecule has 0 bridgehead atoms. The maximum absolute atomic E-state index is 11.0. The Hall–Kier alpha value is -2.36. The molecule has 108 valence electrons. The Morgan fingerprint density at radius 2 is 2.10 bits per heavy atom. The number of carbonyl (C=O) groups is 1. The van der Waals surface area contributed by atoms with E-state index in [0.29, 0.717) is 0 Å². The van der Waals surface area contributed by atoms with E-state index in [0.717, 1.165) is 30.8 Å². The fourth-order valence-electron chi connectivity index (χ4n) is 2.85. The Labute approximate surface area is 124 Å². The molecular formula is C17H18N2O2. The highest BCUT2D eigenvalue weighted by Gasteiger charge is 2.23. The minimum absolute atomic E-state index is 0.386. The van der Waals surface area contributed by atoms with Crippen LogP contribution >= 0.6 is 0 Å². The number of benzene rings is 2. The molecule has 0 aromatic heterocycles. The first kappa shape index (κ1) is 13.6. The minimum Gasteiger partial charge on any atom is -0.370 e. The Kier molecular flexibility index (Phi) is 3.60. The van der Waals surface area contributed by atoms with Gasteiger partial charge in [0.25, 0.3) is 0 Å². The summed E-state index contributed by atoms with van der Waals surface area (Å²) in [7, 11) is 0. The van der Waals surface area contributed by atoms with Crippen molar-refractivity contribution in [2.45, 2.75) is 20.3 Å². The van der Waals surface area contributed by atoms with Gasteiger partial charge in [-0.1, -0.05) is 41.6 Å². The first-order chi connectivity index (χ1) is 10.2. The molecule has 0 spiro atoms. The Balaban J connectivity index is 2.18. The number of hydrogen-bond acceptors (Lipinski definition) is 4. The summed E-state index contributed by atoms with van der Waals surface area (Å²) in [4.78, 5) is 18.2. The van der Waals surface area contributed by atoms with Crippen molar-refractivity contribution in [3.8, 4) is 0 Å². The van der Waals surface area contributed by atoms with Gasteiger partial charge < -0.3 is 9.74 Å². The van der Waals surface area contributed by atoms with Crippen LogP contribution in [0.2, 0.25) is 0 Å². The molecule has 0 aliphatic carbocycles. The van der Waals surface area contributed by atoms with Gasteiger partial charge in [-0.15, -0.1) is 0 Å². The van der Waals surface area contributed by atoms with E-state index in [1.807, 2.05) is 12.1 Å². The van der Waals surface area contributed by atoms with Crippen LogP contribution in [0.25, 0.3) is 10.8 Å². The van der Waals surface area contributed by atoms with Crippen molar-refractivity contribution in [3.63, 3.8) is 0 Å². The molecule has 0 atom stereocenters. The highest BCUT2D eigenvalue weighted by atomic mass is 16.7. The summed E-state index contributed by atoms with van der Waals surface area (Å²) in [5.74, 6) is -0.386. The van der Waals surface area contributed by atoms with E-state index in [1.165, 1.54) is 23.4 Å². The van der Waals surface area contributed by atoms with Gasteiger partial charge in [0.1, 0.15) is 0 Å². The summed E-state index contributed by atoms with van der Waals surface area (Å²) in [6.45, 7) is 5.35. The first-order valence-electron chi connectivity index (χ1n) is 7.22. The van der Waals surface area contributed by atoms with Crippen molar-refractivity contribution in [1.82, 2.24) is 0 Å². The summed E-state index contributed by atoms with van der Waals surface area (Å²) in [5.41, 5.74) is 3.09. The predicted octanol–water partition coefficient (Wildman–Crippen LogP) is 3.34. The van der Waals surface area contributed by atoms with Gasteiger partial charge >= 0.3 is 5.97 Å². The van der Waals surface area contributed by atoms with Gasteiger partial charge in [0, 0.05) is 37.4 Å². The fraction of sp³-hybridized carbons (Fsp3) is 0.294. The van der Waals surface area contributed by atoms with Crippen molar-refractivity contribution in [2.75, 3.05) is 18.0 Å². The molecule has 0 saturated carbocycles. The van der Waals surface area contributed by atoms with Crippen LogP contribution in [0.3, 0.4) is 0 Å². The topological polar surface area (TPSA) is 41.9 Å². The Morgan fingerprint density at radius 3 is 2.86 bits per heavy atom. The largest absolute Gasteiger partial charge is 0.370 e. The van der Waals surface area contributed by atoms with E-state index in [-0.39, 0.29) is 5.97 Å². The molecule has 21 heavy (non-hydrogen) atoms. The highest BCUT2D eigenvalue weighted by molar-refractivity contribution is 6.13. The normalized spacial score (nSPS) is 16.1. The monoisotopic (exact) mass is 282 g/mol. The fourth-order valence-corrected chi connectivity index (χ4v) is 2.85. The SMILES string of the molecule is CCN1CC/C(=N\OC(C)=O)c2ccc3ccccc3c21. The van der Waals surface area contributed by atoms with Gasteiger partial charge in [-0.25, -0.2) is 4.79 Å². The van der Waals surface area contributed by atoms with Crippen LogP contribution in [0, 0.1) is 0 Å². The number of carbonyl (C=O) groups excluding carboxylic acids is 1. The number of rotatable bonds is 2. The second kappa shape index (κ2) is 5.56. The minimum atomic E-state index is -0.386. The van der Waals surface area contributed by atoms with Crippen molar-refractivity contribution in [2.24, 2.45) is 5.16 Å². The Bertz CT molecular complexity index is 722. The standard InChI is InChI=1S/C17H18N2O2/c1-3-19-11-10-16(18-21-12(2)20)15-9-8-13-6-4-5-7-14(13)17(15)19/h4-9H,3,10-11H2,1-2H3/b18-16+. The quantitative estimate of drug-likeness (QED) is 0.626. The molecule has 4 heteroatoms. The lowest BCUT2D eigenvalue weighted by molar-refractivity contribution is -0.140. The molecule has 1 heterocycles. The van der Waals surface area contributed by atoms with Gasteiger partial charge in [-0.3, -0.25) is 0 Å². The lowest BCUT2D eigenvalue weighted by atomic mass is 9.95. The van der Waals surface area contributed by atoms with Gasteiger partial charge in [0.15, 0.2) is 0 Å². The van der Waals surface area contributed by atoms with E-state index in [9.17, 15) is 4.79 Å². The summed E-state index contributed by atoms with van der Waals surface area (Å²) >= 11 is 0. The van der Waals surface area contributed by atoms with E-state index in [4.69, 9.17) is 4.84 Å². The number of fused-ring (bicyclic) bond motifs is 3. The molecule has 0 N–H and O–H groups in total. The van der Waals surface area contributed by atoms with Crippen LogP contribution in [0.5, 0.6) is 0 Å². The van der Waals surface area contributed by atoms with Crippen molar-refractivity contribution in [1.29, 1.82) is 0 Å². The molecule has 0 saturated heterocycles. The number of hydrogen-bond donors (Lipinski definition) is 0. The van der Waals surface area contributed by atoms with Crippen LogP contribution < -0.4 is 4.90 Å². The molecule has 1 aliphatic rings. The lowest BCUT2D eigenvalue weighted by Crippen LogP contribution is -2.32. The third kappa shape index (κ3) is 2.49. The van der Waals surface area contributed by atoms with E-state index >= 15 is 0 Å². The molecule has 2 aromatic rings. The van der Waals surface area contributed by atoms with Crippen LogP contribution in [-0.2, 0) is 9.63 Å². The molecule has 0 fully saturated rings. The number of nitrogens with zero attached hydrogens (tertiary/aromatic N) is 2. The third-order valence-corrected chi connectivity index (χ3v) is 3.81. The van der Waals surface area contributed by atoms with Crippen LogP contribution in [-0.4, -0.2) is 24.8 Å². The molecule has 0 radical (unpaired) electrons. The molecule has 0 amide bonds. The predicted molar refractivity (Wildman–Crippen MR) is 84.8 cm³/mol. The van der Waals surface area contributed by atoms with Crippen molar-refractivity contribution < 1.29 is 9.63 Å². The molecule has 1 aliphatic heterocycles. The second-order valence-electron chi connectivity index (χ2n) is 5.13. The maximum atomic E-state index is 11.0. The summed E-state index contributed by atoms with van der Waals surface area (Å²) in [6.07, 6.45) is 0.784. The summed E-state index contributed by atoms with van der Waals surface area (Å²) < 4.78 is 0. The zero-order valence-corrected chi connectivity index (χ0v) is 12.3. The average molecular weight is 282 g/mol. The van der Waals surface area contributed by atoms with Gasteiger partial charge in [0.05, 0.1) is 11.4 Å². The van der Waals surface area contributed by atoms with Crippen LogP contribution in [0.4, 0.5) is 5.69 Å². The third-order valence-electron chi connectivity index (χ3n) is 3.81. The van der Waals surface area contributed by atoms with Crippen LogP contribution in [0.1, 0.15) is 25.8 Å². The average Bonchev–Trinajstić information content (AvgIpc) is 2.52. The number of oxime groups is 1. The Morgan fingerprint density at radius 1 is 1.29 bits per heavy atom. The molecule has 0 unspecified atom stereocenters. The van der Waals surface area contributed by atoms with E-state index < -0.39 is 0 Å². The van der Waals surface area contributed by atoms with E-state index in [1.54, 1.807) is 0 Å². The smallest absolute Gasteiger partial charge is 0.331 e. The van der Waals surface area contributed by atoms with Crippen LogP contribution in [0.15, 0.2) is 41.6 Å². The molecular weight excluding hydrogens is 264 g/mol. The van der Waals surface area contributed by atoms with Crippen molar-refractivity contribution >= 4 is 28.1 Å². The van der Waals surface area contributed by atoms with Gasteiger partial charge in [0.2, 0.25) is 0 Å². The maximum Gasteiger partial charge on any atom is 0.331 e. The molecule has 4 nitrogen and oxygen atoms in total. The zero-order valence-electron chi connectivity index (χ0n) is 12.3. The van der Waals surface area contributed by atoms with Gasteiger partial charge in [-0.2, -0.15) is 0 Å². The second-order valence-corrected chi connectivity index (χ2v) is 5.13. The molecule has 3 rings (SSSR count). The lowest BCUT2D eigenvalue weighted by Gasteiger charge is -2.32. The summed E-state index contributed by atoms with van der Waals surface area (Å²) in [6, 6.07) is 12.5. The summed E-state index contributed by atoms with van der Waals surface area (Å²) in [5, 5.41) is 6.47. The van der Waals surface area contributed by atoms with Gasteiger partial charge in [-0.05, 0) is 12.3 Å². The highest BCUT2D eigenvalue weighted by Crippen LogP contribution is 2.35. The first-order valence-corrected chi connectivity index (χ1v) is 7.22. The molecule has 2 aromatic carbocycles. The van der Waals surface area contributed by atoms with Crippen molar-refractivity contribution in [3.05, 3.63) is 42.0 Å².